The van der Waals surface area contributed by atoms with E-state index in [9.17, 15) is 4.79 Å². The van der Waals surface area contributed by atoms with E-state index in [1.54, 1.807) is 18.2 Å². The predicted octanol–water partition coefficient (Wildman–Crippen LogP) is 4.56. The maximum absolute atomic E-state index is 12.2. The average molecular weight is 313 g/mol. The molecule has 0 aliphatic heterocycles. The van der Waals surface area contributed by atoms with Crippen molar-refractivity contribution in [3.63, 3.8) is 0 Å². The summed E-state index contributed by atoms with van der Waals surface area (Å²) in [5.41, 5.74) is 2.78. The van der Waals surface area contributed by atoms with Crippen molar-refractivity contribution in [3.8, 4) is 11.3 Å². The summed E-state index contributed by atoms with van der Waals surface area (Å²) in [6, 6.07) is 16.3. The number of rotatable bonds is 3. The third-order valence-electron chi connectivity index (χ3n) is 3.26. The van der Waals surface area contributed by atoms with Crippen LogP contribution in [-0.4, -0.2) is 11.1 Å². The van der Waals surface area contributed by atoms with E-state index >= 15 is 0 Å². The van der Waals surface area contributed by atoms with E-state index in [2.05, 4.69) is 10.5 Å². The molecule has 3 rings (SSSR count). The maximum Gasteiger partial charge on any atom is 0.277 e. The number of anilines is 1. The largest absolute Gasteiger partial charge is 0.355 e. The molecule has 0 atom stereocenters. The highest BCUT2D eigenvalue weighted by molar-refractivity contribution is 6.30. The molecule has 0 saturated carbocycles. The van der Waals surface area contributed by atoms with Gasteiger partial charge in [-0.15, -0.1) is 0 Å². The van der Waals surface area contributed by atoms with Crippen molar-refractivity contribution in [2.45, 2.75) is 6.92 Å². The van der Waals surface area contributed by atoms with Crippen LogP contribution in [0.1, 0.15) is 16.1 Å². The molecule has 0 fully saturated rings. The van der Waals surface area contributed by atoms with Crippen molar-refractivity contribution in [1.29, 1.82) is 0 Å². The Labute approximate surface area is 132 Å². The fraction of sp³-hybridized carbons (Fsp3) is 0.0588. The number of carbonyl (C=O) groups is 1. The summed E-state index contributed by atoms with van der Waals surface area (Å²) in [7, 11) is 0. The number of benzene rings is 2. The van der Waals surface area contributed by atoms with E-state index in [4.69, 9.17) is 16.1 Å². The fourth-order valence-corrected chi connectivity index (χ4v) is 2.16. The van der Waals surface area contributed by atoms with Gasteiger partial charge in [0.05, 0.1) is 0 Å². The minimum Gasteiger partial charge on any atom is -0.355 e. The number of para-hydroxylation sites is 1. The lowest BCUT2D eigenvalue weighted by atomic mass is 10.1. The van der Waals surface area contributed by atoms with Gasteiger partial charge in [0.2, 0.25) is 0 Å². The van der Waals surface area contributed by atoms with Crippen LogP contribution in [0.4, 0.5) is 5.69 Å². The van der Waals surface area contributed by atoms with Crippen LogP contribution in [0.15, 0.2) is 59.1 Å². The van der Waals surface area contributed by atoms with Gasteiger partial charge in [-0.2, -0.15) is 0 Å². The second-order valence-corrected chi connectivity index (χ2v) is 5.29. The fourth-order valence-electron chi connectivity index (χ4n) is 2.03. The Hall–Kier alpha value is -2.59. The van der Waals surface area contributed by atoms with E-state index in [0.29, 0.717) is 10.8 Å². The first-order valence-electron chi connectivity index (χ1n) is 6.73. The van der Waals surface area contributed by atoms with Gasteiger partial charge in [0.25, 0.3) is 5.91 Å². The van der Waals surface area contributed by atoms with Crippen molar-refractivity contribution in [2.75, 3.05) is 5.32 Å². The molecule has 1 heterocycles. The van der Waals surface area contributed by atoms with Crippen LogP contribution in [0.3, 0.4) is 0 Å². The van der Waals surface area contributed by atoms with Gasteiger partial charge in [-0.25, -0.2) is 0 Å². The molecular formula is C17H13ClN2O2. The van der Waals surface area contributed by atoms with Crippen LogP contribution in [0.2, 0.25) is 5.02 Å². The number of aromatic nitrogens is 1. The molecule has 1 amide bonds. The topological polar surface area (TPSA) is 55.1 Å². The molecule has 5 heteroatoms. The van der Waals surface area contributed by atoms with Gasteiger partial charge in [-0.05, 0) is 42.8 Å². The highest BCUT2D eigenvalue weighted by Crippen LogP contribution is 2.23. The molecule has 0 radical (unpaired) electrons. The highest BCUT2D eigenvalue weighted by atomic mass is 35.5. The van der Waals surface area contributed by atoms with Crippen molar-refractivity contribution < 1.29 is 9.32 Å². The second-order valence-electron chi connectivity index (χ2n) is 4.85. The minimum atomic E-state index is -0.307. The molecule has 1 N–H and O–H groups in total. The van der Waals surface area contributed by atoms with E-state index in [1.165, 1.54) is 0 Å². The van der Waals surface area contributed by atoms with Crippen LogP contribution >= 0.6 is 11.6 Å². The van der Waals surface area contributed by atoms with E-state index in [1.807, 2.05) is 43.3 Å². The monoisotopic (exact) mass is 312 g/mol. The number of halogens is 1. The molecular weight excluding hydrogens is 300 g/mol. The molecule has 0 unspecified atom stereocenters. The molecule has 2 aromatic carbocycles. The third-order valence-corrected chi connectivity index (χ3v) is 3.52. The zero-order valence-corrected chi connectivity index (χ0v) is 12.6. The quantitative estimate of drug-likeness (QED) is 0.771. The number of nitrogens with one attached hydrogen (secondary N) is 1. The van der Waals surface area contributed by atoms with Crippen molar-refractivity contribution in [2.24, 2.45) is 0 Å². The van der Waals surface area contributed by atoms with Gasteiger partial charge in [0.15, 0.2) is 11.5 Å². The molecule has 0 spiro atoms. The van der Waals surface area contributed by atoms with Crippen LogP contribution in [-0.2, 0) is 0 Å². The summed E-state index contributed by atoms with van der Waals surface area (Å²) in [5, 5.41) is 7.28. The molecule has 3 aromatic rings. The number of aryl methyl sites for hydroxylation is 1. The van der Waals surface area contributed by atoms with E-state index in [-0.39, 0.29) is 11.6 Å². The second kappa shape index (κ2) is 6.03. The zero-order chi connectivity index (χ0) is 15.5. The third kappa shape index (κ3) is 3.02. The molecule has 0 aliphatic carbocycles. The number of hydrogen-bond acceptors (Lipinski definition) is 3. The summed E-state index contributed by atoms with van der Waals surface area (Å²) >= 11 is 5.85. The first kappa shape index (κ1) is 14.4. The average Bonchev–Trinajstić information content (AvgIpc) is 3.00. The van der Waals surface area contributed by atoms with Gasteiger partial charge < -0.3 is 9.84 Å². The maximum atomic E-state index is 12.2. The summed E-state index contributed by atoms with van der Waals surface area (Å²) < 4.78 is 5.23. The minimum absolute atomic E-state index is 0.230. The Bertz CT molecular complexity index is 810. The van der Waals surface area contributed by atoms with Gasteiger partial charge in [0, 0.05) is 22.3 Å². The normalized spacial score (nSPS) is 10.5. The van der Waals surface area contributed by atoms with Crippen molar-refractivity contribution in [3.05, 3.63) is 70.9 Å². The zero-order valence-electron chi connectivity index (χ0n) is 11.8. The molecule has 4 nitrogen and oxygen atoms in total. The molecule has 110 valence electrons. The lowest BCUT2D eigenvalue weighted by molar-refractivity contribution is 0.101. The SMILES string of the molecule is Cc1ccccc1NC(=O)c1cc(-c2ccc(Cl)cc2)on1. The molecule has 22 heavy (non-hydrogen) atoms. The Morgan fingerprint density at radius 2 is 1.86 bits per heavy atom. The number of carbonyl (C=O) groups excluding carboxylic acids is 1. The first-order chi connectivity index (χ1) is 10.6. The van der Waals surface area contributed by atoms with Gasteiger partial charge in [-0.3, -0.25) is 4.79 Å². The van der Waals surface area contributed by atoms with Crippen molar-refractivity contribution in [1.82, 2.24) is 5.16 Å². The summed E-state index contributed by atoms with van der Waals surface area (Å²) in [4.78, 5) is 12.2. The predicted molar refractivity (Wildman–Crippen MR) is 86.1 cm³/mol. The Kier molecular flexibility index (Phi) is 3.94. The van der Waals surface area contributed by atoms with Gasteiger partial charge >= 0.3 is 0 Å². The van der Waals surface area contributed by atoms with Crippen molar-refractivity contribution >= 4 is 23.2 Å². The highest BCUT2D eigenvalue weighted by Gasteiger charge is 2.14. The standard InChI is InChI=1S/C17H13ClN2O2/c1-11-4-2-3-5-14(11)19-17(21)15-10-16(22-20-15)12-6-8-13(18)9-7-12/h2-10H,1H3,(H,19,21). The number of nitrogens with zero attached hydrogens (tertiary/aromatic N) is 1. The van der Waals surface area contributed by atoms with Gasteiger partial charge in [0.1, 0.15) is 0 Å². The lowest BCUT2D eigenvalue weighted by Crippen LogP contribution is -2.12. The molecule has 1 aromatic heterocycles. The van der Waals surface area contributed by atoms with Gasteiger partial charge in [-0.1, -0.05) is 35.0 Å². The van der Waals surface area contributed by atoms with E-state index in [0.717, 1.165) is 16.8 Å². The lowest BCUT2D eigenvalue weighted by Gasteiger charge is -2.05. The number of amides is 1. The van der Waals surface area contributed by atoms with Crippen LogP contribution in [0.5, 0.6) is 0 Å². The Morgan fingerprint density at radius 3 is 2.59 bits per heavy atom. The molecule has 0 bridgehead atoms. The summed E-state index contributed by atoms with van der Waals surface area (Å²) in [5.74, 6) is 0.213. The molecule has 0 saturated heterocycles. The van der Waals surface area contributed by atoms with E-state index < -0.39 is 0 Å². The molecule has 0 aliphatic rings. The van der Waals surface area contributed by atoms with Crippen LogP contribution in [0, 0.1) is 6.92 Å². The Balaban J connectivity index is 1.80. The van der Waals surface area contributed by atoms with Crippen LogP contribution in [0.25, 0.3) is 11.3 Å². The Morgan fingerprint density at radius 1 is 1.14 bits per heavy atom. The van der Waals surface area contributed by atoms with Crippen LogP contribution < -0.4 is 5.32 Å². The number of hydrogen-bond donors (Lipinski definition) is 1. The smallest absolute Gasteiger partial charge is 0.277 e. The summed E-state index contributed by atoms with van der Waals surface area (Å²) in [6.45, 7) is 1.93. The summed E-state index contributed by atoms with van der Waals surface area (Å²) in [6.07, 6.45) is 0. The first-order valence-corrected chi connectivity index (χ1v) is 7.11.